The van der Waals surface area contributed by atoms with Gasteiger partial charge in [0.05, 0.1) is 24.2 Å². The molecule has 2 spiro atoms. The van der Waals surface area contributed by atoms with Crippen molar-refractivity contribution in [2.24, 2.45) is 29.1 Å². The second-order valence-electron chi connectivity index (χ2n) is 23.0. The van der Waals surface area contributed by atoms with Crippen LogP contribution in [0.25, 0.3) is 77.2 Å². The standard InChI is InChI=1S/C69H52N2O2/c1-67(2)55-25-23-40(51-35-46(72-3)36-58-65(51)54-29-39(42-13-12-28-70-38-42)22-27-57(54)69(58)45-33-43-32-44-34-63(69)68(43,44)37-45)30-52(55)53-31-41(24-26-56(53)67)64-47-14-4-6-16-49(47)66(50-17-7-5-15-48(50)64)71-59-18-8-10-20-61(59)73-62-21-11-9-19-60(62)71/h4-31,35-36,38,43-45,63H,32-34,37H2,1-3H3. The van der Waals surface area contributed by atoms with E-state index in [4.69, 9.17) is 9.47 Å². The minimum atomic E-state index is -0.180. The first-order valence-electron chi connectivity index (χ1n) is 26.5. The van der Waals surface area contributed by atoms with Crippen molar-refractivity contribution in [3.8, 4) is 72.9 Å². The number of rotatable bonds is 5. The summed E-state index contributed by atoms with van der Waals surface area (Å²) in [5.41, 5.74) is 22.3. The van der Waals surface area contributed by atoms with Gasteiger partial charge < -0.3 is 14.4 Å². The third kappa shape index (κ3) is 4.91. The zero-order valence-electron chi connectivity index (χ0n) is 41.2. The second kappa shape index (κ2) is 14.0. The summed E-state index contributed by atoms with van der Waals surface area (Å²) < 4.78 is 12.9. The van der Waals surface area contributed by atoms with Gasteiger partial charge in [0.15, 0.2) is 11.5 Å². The van der Waals surface area contributed by atoms with Crippen LogP contribution < -0.4 is 14.4 Å². The molecule has 73 heavy (non-hydrogen) atoms. The van der Waals surface area contributed by atoms with Crippen molar-refractivity contribution in [2.75, 3.05) is 12.0 Å². The second-order valence-corrected chi connectivity index (χ2v) is 23.0. The van der Waals surface area contributed by atoms with E-state index in [1.807, 2.05) is 19.5 Å². The maximum atomic E-state index is 6.54. The van der Waals surface area contributed by atoms with E-state index in [2.05, 4.69) is 200 Å². The molecule has 2 bridgehead atoms. The van der Waals surface area contributed by atoms with Crippen LogP contribution in [0.2, 0.25) is 0 Å². The topological polar surface area (TPSA) is 34.6 Å². The van der Waals surface area contributed by atoms with E-state index in [9.17, 15) is 0 Å². The number of fused-ring (bicyclic) bond motifs is 15. The number of pyridine rings is 1. The molecule has 0 saturated heterocycles. The maximum Gasteiger partial charge on any atom is 0.151 e. The van der Waals surface area contributed by atoms with Gasteiger partial charge >= 0.3 is 0 Å². The molecule has 0 radical (unpaired) electrons. The lowest BCUT2D eigenvalue weighted by molar-refractivity contribution is -0.193. The molecule has 2 heterocycles. The minimum absolute atomic E-state index is 0.0186. The fourth-order valence-electron chi connectivity index (χ4n) is 17.1. The molecule has 6 aliphatic carbocycles. The summed E-state index contributed by atoms with van der Waals surface area (Å²) in [4.78, 5) is 6.99. The van der Waals surface area contributed by atoms with Crippen LogP contribution in [0.15, 0.2) is 188 Å². The van der Waals surface area contributed by atoms with Crippen molar-refractivity contribution in [1.82, 2.24) is 4.98 Å². The predicted octanol–water partition coefficient (Wildman–Crippen LogP) is 17.6. The lowest BCUT2D eigenvalue weighted by Crippen LogP contribution is -2.65. The molecule has 350 valence electrons. The number of hydrogen-bond acceptors (Lipinski definition) is 4. The molecule has 6 unspecified atom stereocenters. The first kappa shape index (κ1) is 40.6. The van der Waals surface area contributed by atoms with E-state index in [1.165, 1.54) is 114 Å². The molecule has 1 aromatic heterocycles. The van der Waals surface area contributed by atoms with Gasteiger partial charge in [-0.2, -0.15) is 0 Å². The Morgan fingerprint density at radius 1 is 0.507 bits per heavy atom. The first-order valence-corrected chi connectivity index (χ1v) is 26.5. The molecule has 4 heteroatoms. The highest BCUT2D eigenvalue weighted by Crippen LogP contribution is 2.88. The number of hydrogen-bond donors (Lipinski definition) is 0. The van der Waals surface area contributed by atoms with Crippen LogP contribution in [0.3, 0.4) is 0 Å². The maximum absolute atomic E-state index is 6.54. The number of benzene rings is 9. The number of nitrogens with zero attached hydrogens (tertiary/aromatic N) is 2. The van der Waals surface area contributed by atoms with Crippen LogP contribution in [-0.4, -0.2) is 12.1 Å². The Morgan fingerprint density at radius 3 is 1.78 bits per heavy atom. The number of methoxy groups -OCH3 is 1. The summed E-state index contributed by atoms with van der Waals surface area (Å²) in [6.07, 6.45) is 9.46. The third-order valence-corrected chi connectivity index (χ3v) is 20.0. The van der Waals surface area contributed by atoms with Gasteiger partial charge in [-0.3, -0.25) is 4.98 Å². The van der Waals surface area contributed by atoms with Crippen molar-refractivity contribution in [3.63, 3.8) is 0 Å². The zero-order valence-corrected chi connectivity index (χ0v) is 41.2. The van der Waals surface area contributed by atoms with Crippen LogP contribution >= 0.6 is 0 Å². The van der Waals surface area contributed by atoms with E-state index in [0.717, 1.165) is 51.7 Å². The highest BCUT2D eigenvalue weighted by atomic mass is 16.5. The molecule has 4 fully saturated rings. The smallest absolute Gasteiger partial charge is 0.151 e. The van der Waals surface area contributed by atoms with E-state index < -0.39 is 0 Å². The molecular formula is C69H52N2O2. The van der Waals surface area contributed by atoms with Crippen LogP contribution in [0.5, 0.6) is 17.2 Å². The summed E-state index contributed by atoms with van der Waals surface area (Å²) in [5.74, 6) is 5.85. The third-order valence-electron chi connectivity index (χ3n) is 20.0. The monoisotopic (exact) mass is 940 g/mol. The average Bonchev–Trinajstić information content (AvgIpc) is 4.15. The van der Waals surface area contributed by atoms with Gasteiger partial charge in [0.25, 0.3) is 0 Å². The Balaban J connectivity index is 0.866. The lowest BCUT2D eigenvalue weighted by Gasteiger charge is -2.70. The molecule has 9 aromatic carbocycles. The molecule has 7 aliphatic rings. The summed E-state index contributed by atoms with van der Waals surface area (Å²) in [6, 6.07) is 66.1. The van der Waals surface area contributed by atoms with Crippen LogP contribution in [0.4, 0.5) is 17.1 Å². The molecule has 10 aromatic rings. The van der Waals surface area contributed by atoms with Crippen LogP contribution in [-0.2, 0) is 10.8 Å². The van der Waals surface area contributed by atoms with Crippen molar-refractivity contribution in [1.29, 1.82) is 0 Å². The van der Waals surface area contributed by atoms with Crippen LogP contribution in [0, 0.1) is 29.1 Å². The normalized spacial score (nSPS) is 24.2. The highest BCUT2D eigenvalue weighted by molar-refractivity contribution is 6.23. The molecule has 4 saturated carbocycles. The van der Waals surface area contributed by atoms with Crippen molar-refractivity contribution in [3.05, 3.63) is 211 Å². The quantitative estimate of drug-likeness (QED) is 0.161. The fraction of sp³-hybridized carbons (Fsp3) is 0.203. The van der Waals surface area contributed by atoms with E-state index in [-0.39, 0.29) is 10.8 Å². The predicted molar refractivity (Wildman–Crippen MR) is 296 cm³/mol. The zero-order chi connectivity index (χ0) is 48.1. The van der Waals surface area contributed by atoms with Crippen molar-refractivity contribution < 1.29 is 9.47 Å². The SMILES string of the molecule is COc1cc(-c2ccc3c(c2)-c2cc(-c4c5ccccc5c(N5c6ccccc6Oc6ccccc65)c5ccccc45)ccc2C3(C)C)c2c(c1)C1(c3ccc(-c4cccnc4)cc3-2)C2CC3CC4CC1C34C2. The van der Waals surface area contributed by atoms with Gasteiger partial charge in [0.1, 0.15) is 5.75 Å². The Hall–Kier alpha value is -7.95. The van der Waals surface area contributed by atoms with Gasteiger partial charge in [0, 0.05) is 39.6 Å². The Morgan fingerprint density at radius 2 is 1.11 bits per heavy atom. The molecule has 1 aliphatic heterocycles. The Labute approximate surface area is 425 Å². The largest absolute Gasteiger partial charge is 0.497 e. The Bertz CT molecular complexity index is 3990. The van der Waals surface area contributed by atoms with E-state index >= 15 is 0 Å². The number of ether oxygens (including phenoxy) is 2. The van der Waals surface area contributed by atoms with Crippen molar-refractivity contribution >= 4 is 38.6 Å². The molecular weight excluding hydrogens is 889 g/mol. The summed E-state index contributed by atoms with van der Waals surface area (Å²) in [5, 5.41) is 4.84. The van der Waals surface area contributed by atoms with Gasteiger partial charge in [-0.25, -0.2) is 0 Å². The summed E-state index contributed by atoms with van der Waals surface area (Å²) in [6.45, 7) is 4.82. The lowest BCUT2D eigenvalue weighted by atomic mass is 9.34. The molecule has 4 nitrogen and oxygen atoms in total. The number of anilines is 3. The van der Waals surface area contributed by atoms with E-state index in [0.29, 0.717) is 17.3 Å². The number of aromatic nitrogens is 1. The molecule has 17 rings (SSSR count). The Kier molecular flexibility index (Phi) is 7.77. The highest BCUT2D eigenvalue weighted by Gasteiger charge is 2.82. The van der Waals surface area contributed by atoms with Crippen LogP contribution in [0.1, 0.15) is 61.8 Å². The van der Waals surface area contributed by atoms with Gasteiger partial charge in [-0.05, 0) is 199 Å². The van der Waals surface area contributed by atoms with E-state index in [1.54, 1.807) is 5.56 Å². The summed E-state index contributed by atoms with van der Waals surface area (Å²) in [7, 11) is 1.86. The molecule has 6 atom stereocenters. The summed E-state index contributed by atoms with van der Waals surface area (Å²) >= 11 is 0. The van der Waals surface area contributed by atoms with Gasteiger partial charge in [-0.15, -0.1) is 0 Å². The molecule has 0 N–H and O–H groups in total. The number of para-hydroxylation sites is 4. The average molecular weight is 941 g/mol. The van der Waals surface area contributed by atoms with Gasteiger partial charge in [0.2, 0.25) is 0 Å². The fourth-order valence-corrected chi connectivity index (χ4v) is 17.1. The minimum Gasteiger partial charge on any atom is -0.497 e. The van der Waals surface area contributed by atoms with Crippen molar-refractivity contribution in [2.45, 2.75) is 50.4 Å². The molecule has 0 amide bonds. The van der Waals surface area contributed by atoms with Gasteiger partial charge in [-0.1, -0.05) is 129 Å². The first-order chi connectivity index (χ1) is 35.9.